The number of carbonyl (C=O) groups excluding carboxylic acids is 1. The molecule has 0 saturated heterocycles. The number of aliphatic hydroxyl groups is 1. The summed E-state index contributed by atoms with van der Waals surface area (Å²) in [6.45, 7) is 1.99. The van der Waals surface area contributed by atoms with E-state index in [0.717, 1.165) is 29.7 Å². The van der Waals surface area contributed by atoms with E-state index in [2.05, 4.69) is 21.6 Å². The van der Waals surface area contributed by atoms with Crippen molar-refractivity contribution in [2.45, 2.75) is 26.1 Å². The zero-order chi connectivity index (χ0) is 18.1. The third kappa shape index (κ3) is 6.57. The van der Waals surface area contributed by atoms with Crippen molar-refractivity contribution in [2.24, 2.45) is 0 Å². The number of nitrogens with one attached hydrogen (secondary N) is 2. The molecule has 0 unspecified atom stereocenters. The van der Waals surface area contributed by atoms with Crippen molar-refractivity contribution in [3.05, 3.63) is 70.8 Å². The molecule has 5 nitrogen and oxygen atoms in total. The lowest BCUT2D eigenvalue weighted by molar-refractivity contribution is 0.240. The molecule has 0 bridgehead atoms. The second kappa shape index (κ2) is 9.81. The fourth-order valence-corrected chi connectivity index (χ4v) is 2.59. The molecule has 2 rings (SSSR count). The molecule has 0 spiro atoms. The zero-order valence-corrected chi connectivity index (χ0v) is 15.0. The fourth-order valence-electron chi connectivity index (χ4n) is 2.59. The van der Waals surface area contributed by atoms with Crippen LogP contribution in [0.2, 0.25) is 0 Å². The van der Waals surface area contributed by atoms with E-state index in [1.54, 1.807) is 0 Å². The van der Waals surface area contributed by atoms with Gasteiger partial charge in [0.1, 0.15) is 0 Å². The molecule has 2 aromatic rings. The van der Waals surface area contributed by atoms with Crippen molar-refractivity contribution in [1.29, 1.82) is 0 Å². The third-order valence-electron chi connectivity index (χ3n) is 3.95. The second-order valence-electron chi connectivity index (χ2n) is 6.34. The summed E-state index contributed by atoms with van der Waals surface area (Å²) < 4.78 is 0. The van der Waals surface area contributed by atoms with Gasteiger partial charge in [0.05, 0.1) is 6.61 Å². The van der Waals surface area contributed by atoms with E-state index in [0.29, 0.717) is 13.1 Å². The van der Waals surface area contributed by atoms with E-state index < -0.39 is 0 Å². The topological polar surface area (TPSA) is 64.6 Å². The number of rotatable bonds is 8. The SMILES string of the molecule is CN(C)Cc1ccccc1CNC(=O)NCCc1ccc(CO)cc1. The van der Waals surface area contributed by atoms with Crippen LogP contribution in [0.1, 0.15) is 22.3 Å². The number of hydrogen-bond donors (Lipinski definition) is 3. The molecule has 0 fully saturated rings. The average Bonchev–Trinajstić information content (AvgIpc) is 2.61. The lowest BCUT2D eigenvalue weighted by atomic mass is 10.1. The first-order chi connectivity index (χ1) is 12.1. The van der Waals surface area contributed by atoms with Gasteiger partial charge in [-0.25, -0.2) is 4.79 Å². The minimum atomic E-state index is -0.161. The van der Waals surface area contributed by atoms with Crippen LogP contribution in [0.25, 0.3) is 0 Å². The summed E-state index contributed by atoms with van der Waals surface area (Å²) in [4.78, 5) is 14.1. The molecule has 134 valence electrons. The van der Waals surface area contributed by atoms with Gasteiger partial charge in [0.25, 0.3) is 0 Å². The third-order valence-corrected chi connectivity index (χ3v) is 3.95. The van der Waals surface area contributed by atoms with Crippen LogP contribution >= 0.6 is 0 Å². The van der Waals surface area contributed by atoms with E-state index in [4.69, 9.17) is 5.11 Å². The Morgan fingerprint density at radius 2 is 1.60 bits per heavy atom. The van der Waals surface area contributed by atoms with Crippen LogP contribution < -0.4 is 10.6 Å². The number of amides is 2. The van der Waals surface area contributed by atoms with E-state index in [-0.39, 0.29) is 12.6 Å². The molecular weight excluding hydrogens is 314 g/mol. The van der Waals surface area contributed by atoms with E-state index in [9.17, 15) is 4.79 Å². The predicted molar refractivity (Wildman–Crippen MR) is 100 cm³/mol. The van der Waals surface area contributed by atoms with Gasteiger partial charge < -0.3 is 20.6 Å². The Labute approximate surface area is 149 Å². The second-order valence-corrected chi connectivity index (χ2v) is 6.34. The molecule has 0 aromatic heterocycles. The van der Waals surface area contributed by atoms with Crippen molar-refractivity contribution in [1.82, 2.24) is 15.5 Å². The fraction of sp³-hybridized carbons (Fsp3) is 0.350. The average molecular weight is 341 g/mol. The maximum absolute atomic E-state index is 12.0. The maximum Gasteiger partial charge on any atom is 0.315 e. The molecule has 0 aliphatic carbocycles. The van der Waals surface area contributed by atoms with Gasteiger partial charge in [0.15, 0.2) is 0 Å². The quantitative estimate of drug-likeness (QED) is 0.690. The van der Waals surface area contributed by atoms with Gasteiger partial charge in [-0.1, -0.05) is 48.5 Å². The highest BCUT2D eigenvalue weighted by Crippen LogP contribution is 2.10. The van der Waals surface area contributed by atoms with Crippen LogP contribution in [0.4, 0.5) is 4.79 Å². The van der Waals surface area contributed by atoms with E-state index >= 15 is 0 Å². The van der Waals surface area contributed by atoms with Gasteiger partial charge in [-0.05, 0) is 42.8 Å². The molecule has 0 aliphatic rings. The number of hydrogen-bond acceptors (Lipinski definition) is 3. The molecule has 0 radical (unpaired) electrons. The van der Waals surface area contributed by atoms with Gasteiger partial charge >= 0.3 is 6.03 Å². The molecule has 0 aliphatic heterocycles. The van der Waals surface area contributed by atoms with Crippen molar-refractivity contribution >= 4 is 6.03 Å². The Morgan fingerprint density at radius 1 is 0.960 bits per heavy atom. The molecule has 0 atom stereocenters. The van der Waals surface area contributed by atoms with Gasteiger partial charge in [-0.15, -0.1) is 0 Å². The van der Waals surface area contributed by atoms with Crippen molar-refractivity contribution in [2.75, 3.05) is 20.6 Å². The van der Waals surface area contributed by atoms with Crippen LogP contribution in [0, 0.1) is 0 Å². The van der Waals surface area contributed by atoms with Gasteiger partial charge in [-0.3, -0.25) is 0 Å². The molecular formula is C20H27N3O2. The summed E-state index contributed by atoms with van der Waals surface area (Å²) >= 11 is 0. The summed E-state index contributed by atoms with van der Waals surface area (Å²) in [6.07, 6.45) is 0.760. The Morgan fingerprint density at radius 3 is 2.24 bits per heavy atom. The monoisotopic (exact) mass is 341 g/mol. The lowest BCUT2D eigenvalue weighted by Gasteiger charge is -2.15. The molecule has 3 N–H and O–H groups in total. The zero-order valence-electron chi connectivity index (χ0n) is 15.0. The van der Waals surface area contributed by atoms with Crippen molar-refractivity contribution < 1.29 is 9.90 Å². The van der Waals surface area contributed by atoms with E-state index in [1.807, 2.05) is 56.6 Å². The minimum absolute atomic E-state index is 0.0518. The van der Waals surface area contributed by atoms with Crippen LogP contribution in [-0.4, -0.2) is 36.7 Å². The van der Waals surface area contributed by atoms with Crippen LogP contribution in [0.3, 0.4) is 0 Å². The van der Waals surface area contributed by atoms with Gasteiger partial charge in [0, 0.05) is 19.6 Å². The highest BCUT2D eigenvalue weighted by atomic mass is 16.3. The first-order valence-corrected chi connectivity index (χ1v) is 8.50. The number of aliphatic hydroxyl groups excluding tert-OH is 1. The molecule has 25 heavy (non-hydrogen) atoms. The first kappa shape index (κ1) is 19.0. The normalized spacial score (nSPS) is 10.7. The highest BCUT2D eigenvalue weighted by molar-refractivity contribution is 5.73. The van der Waals surface area contributed by atoms with Gasteiger partial charge in [0.2, 0.25) is 0 Å². The molecule has 0 saturated carbocycles. The first-order valence-electron chi connectivity index (χ1n) is 8.50. The predicted octanol–water partition coefficient (Wildman–Crippen LogP) is 2.28. The molecule has 5 heteroatoms. The molecule has 2 aromatic carbocycles. The summed E-state index contributed by atoms with van der Waals surface area (Å²) in [5.41, 5.74) is 4.38. The minimum Gasteiger partial charge on any atom is -0.392 e. The van der Waals surface area contributed by atoms with Crippen LogP contribution in [0.15, 0.2) is 48.5 Å². The maximum atomic E-state index is 12.0. The Balaban J connectivity index is 1.75. The number of benzene rings is 2. The Kier molecular flexibility index (Phi) is 7.44. The summed E-state index contributed by atoms with van der Waals surface area (Å²) in [5.74, 6) is 0. The Hall–Kier alpha value is -2.37. The van der Waals surface area contributed by atoms with Crippen molar-refractivity contribution in [3.63, 3.8) is 0 Å². The standard InChI is InChI=1S/C20H27N3O2/c1-23(2)14-19-6-4-3-5-18(19)13-22-20(25)21-12-11-16-7-9-17(15-24)10-8-16/h3-10,24H,11-15H2,1-2H3,(H2,21,22,25). The summed E-state index contributed by atoms with van der Waals surface area (Å²) in [5, 5.41) is 14.8. The lowest BCUT2D eigenvalue weighted by Crippen LogP contribution is -2.36. The Bertz CT molecular complexity index is 669. The van der Waals surface area contributed by atoms with E-state index in [1.165, 1.54) is 5.56 Å². The summed E-state index contributed by atoms with van der Waals surface area (Å²) in [6, 6.07) is 15.7. The number of carbonyl (C=O) groups is 1. The smallest absolute Gasteiger partial charge is 0.315 e. The number of urea groups is 1. The van der Waals surface area contributed by atoms with Gasteiger partial charge in [-0.2, -0.15) is 0 Å². The number of nitrogens with zero attached hydrogens (tertiary/aromatic N) is 1. The summed E-state index contributed by atoms with van der Waals surface area (Å²) in [7, 11) is 4.06. The molecule has 2 amide bonds. The van der Waals surface area contributed by atoms with Crippen molar-refractivity contribution in [3.8, 4) is 0 Å². The largest absolute Gasteiger partial charge is 0.392 e. The van der Waals surface area contributed by atoms with Crippen LogP contribution in [0.5, 0.6) is 0 Å². The molecule has 0 heterocycles. The highest BCUT2D eigenvalue weighted by Gasteiger charge is 2.05. The van der Waals surface area contributed by atoms with Crippen LogP contribution in [-0.2, 0) is 26.1 Å².